The summed E-state index contributed by atoms with van der Waals surface area (Å²) in [6, 6.07) is 4.74. The van der Waals surface area contributed by atoms with Crippen molar-refractivity contribution >= 4 is 5.69 Å². The zero-order valence-corrected chi connectivity index (χ0v) is 12.5. The van der Waals surface area contributed by atoms with E-state index in [1.54, 1.807) is 6.07 Å². The number of hydrogen-bond acceptors (Lipinski definition) is 3. The zero-order chi connectivity index (χ0) is 14.4. The van der Waals surface area contributed by atoms with E-state index in [4.69, 9.17) is 5.73 Å². The lowest BCUT2D eigenvalue weighted by Gasteiger charge is -2.27. The number of nitrogens with zero attached hydrogens (tertiary/aromatic N) is 2. The van der Waals surface area contributed by atoms with Gasteiger partial charge in [-0.3, -0.25) is 0 Å². The van der Waals surface area contributed by atoms with E-state index in [1.807, 2.05) is 13.0 Å². The largest absolute Gasteiger partial charge is 0.371 e. The molecule has 1 rings (SSSR count). The van der Waals surface area contributed by atoms with E-state index in [1.165, 1.54) is 6.07 Å². The summed E-state index contributed by atoms with van der Waals surface area (Å²) in [6.45, 7) is 6.92. The van der Waals surface area contributed by atoms with Crippen LogP contribution < -0.4 is 10.6 Å². The topological polar surface area (TPSA) is 32.5 Å². The maximum absolute atomic E-state index is 13.4. The highest BCUT2D eigenvalue weighted by Crippen LogP contribution is 2.26. The van der Waals surface area contributed by atoms with E-state index < -0.39 is 0 Å². The highest BCUT2D eigenvalue weighted by Gasteiger charge is 2.13. The fraction of sp³-hybridized carbons (Fsp3) is 0.600. The molecule has 108 valence electrons. The van der Waals surface area contributed by atoms with Crippen molar-refractivity contribution in [3.63, 3.8) is 0 Å². The first-order chi connectivity index (χ1) is 8.95. The SMILES string of the molecule is CCN(CCCN(C)C)c1ccc(F)cc1[C@H](C)N. The summed E-state index contributed by atoms with van der Waals surface area (Å²) in [7, 11) is 4.14. The second-order valence-electron chi connectivity index (χ2n) is 5.23. The van der Waals surface area contributed by atoms with Crippen LogP contribution in [0, 0.1) is 5.82 Å². The molecule has 0 saturated carbocycles. The third-order valence-electron chi connectivity index (χ3n) is 3.24. The Hall–Kier alpha value is -1.13. The molecule has 0 aliphatic carbocycles. The predicted octanol–water partition coefficient (Wildman–Crippen LogP) is 2.62. The standard InChI is InChI=1S/C15H26FN3/c1-5-19(10-6-9-18(3)4)15-8-7-13(16)11-14(15)12(2)17/h7-8,11-12H,5-6,9-10,17H2,1-4H3/t12-/m0/s1. The van der Waals surface area contributed by atoms with Gasteiger partial charge in [-0.05, 0) is 64.7 Å². The first kappa shape index (κ1) is 15.9. The molecule has 0 aromatic heterocycles. The third kappa shape index (κ3) is 4.80. The summed E-state index contributed by atoms with van der Waals surface area (Å²) in [5.41, 5.74) is 7.89. The molecule has 4 heteroatoms. The third-order valence-corrected chi connectivity index (χ3v) is 3.24. The highest BCUT2D eigenvalue weighted by molar-refractivity contribution is 5.55. The molecular weight excluding hydrogens is 241 g/mol. The van der Waals surface area contributed by atoms with Gasteiger partial charge in [-0.2, -0.15) is 0 Å². The number of hydrogen-bond donors (Lipinski definition) is 1. The minimum absolute atomic E-state index is 0.159. The summed E-state index contributed by atoms with van der Waals surface area (Å²) < 4.78 is 13.4. The Morgan fingerprint density at radius 1 is 1.26 bits per heavy atom. The Morgan fingerprint density at radius 2 is 1.95 bits per heavy atom. The smallest absolute Gasteiger partial charge is 0.123 e. The molecule has 0 aliphatic rings. The van der Waals surface area contributed by atoms with Crippen LogP contribution in [0.25, 0.3) is 0 Å². The van der Waals surface area contributed by atoms with Gasteiger partial charge in [-0.25, -0.2) is 4.39 Å². The second-order valence-corrected chi connectivity index (χ2v) is 5.23. The summed E-state index contributed by atoms with van der Waals surface area (Å²) in [6.07, 6.45) is 1.08. The lowest BCUT2D eigenvalue weighted by atomic mass is 10.1. The maximum atomic E-state index is 13.4. The first-order valence-corrected chi connectivity index (χ1v) is 6.90. The molecule has 0 amide bonds. The van der Waals surface area contributed by atoms with Gasteiger partial charge in [0, 0.05) is 24.8 Å². The van der Waals surface area contributed by atoms with Crippen molar-refractivity contribution < 1.29 is 4.39 Å². The number of nitrogens with two attached hydrogens (primary N) is 1. The predicted molar refractivity (Wildman–Crippen MR) is 80.1 cm³/mol. The molecule has 0 radical (unpaired) electrons. The molecule has 0 heterocycles. The van der Waals surface area contributed by atoms with Crippen LogP contribution in [0.2, 0.25) is 0 Å². The van der Waals surface area contributed by atoms with E-state index in [0.29, 0.717) is 0 Å². The Labute approximate surface area is 116 Å². The van der Waals surface area contributed by atoms with Crippen molar-refractivity contribution in [2.45, 2.75) is 26.3 Å². The van der Waals surface area contributed by atoms with E-state index in [-0.39, 0.29) is 11.9 Å². The molecule has 0 fully saturated rings. The molecule has 0 unspecified atom stereocenters. The summed E-state index contributed by atoms with van der Waals surface area (Å²) in [4.78, 5) is 4.44. The van der Waals surface area contributed by atoms with Gasteiger partial charge in [0.05, 0.1) is 0 Å². The summed E-state index contributed by atoms with van der Waals surface area (Å²) >= 11 is 0. The molecule has 1 aromatic carbocycles. The highest BCUT2D eigenvalue weighted by atomic mass is 19.1. The molecule has 1 aromatic rings. The number of anilines is 1. The fourth-order valence-corrected chi connectivity index (χ4v) is 2.20. The molecule has 0 spiro atoms. The quantitative estimate of drug-likeness (QED) is 0.824. The van der Waals surface area contributed by atoms with Gasteiger partial charge in [0.1, 0.15) is 5.82 Å². The van der Waals surface area contributed by atoms with Gasteiger partial charge in [-0.1, -0.05) is 0 Å². The Kier molecular flexibility index (Phi) is 6.25. The van der Waals surface area contributed by atoms with E-state index in [0.717, 1.165) is 37.3 Å². The van der Waals surface area contributed by atoms with Gasteiger partial charge < -0.3 is 15.5 Å². The number of benzene rings is 1. The molecule has 0 bridgehead atoms. The molecule has 3 nitrogen and oxygen atoms in total. The molecule has 0 saturated heterocycles. The van der Waals surface area contributed by atoms with Crippen molar-refractivity contribution in [2.24, 2.45) is 5.73 Å². The molecule has 0 aliphatic heterocycles. The van der Waals surface area contributed by atoms with Gasteiger partial charge in [0.15, 0.2) is 0 Å². The molecule has 19 heavy (non-hydrogen) atoms. The van der Waals surface area contributed by atoms with Crippen LogP contribution >= 0.6 is 0 Å². The van der Waals surface area contributed by atoms with Crippen LogP contribution in [0.15, 0.2) is 18.2 Å². The minimum Gasteiger partial charge on any atom is -0.371 e. The first-order valence-electron chi connectivity index (χ1n) is 6.90. The van der Waals surface area contributed by atoms with Crippen LogP contribution in [0.5, 0.6) is 0 Å². The van der Waals surface area contributed by atoms with E-state index in [2.05, 4.69) is 30.8 Å². The average molecular weight is 267 g/mol. The van der Waals surface area contributed by atoms with E-state index >= 15 is 0 Å². The fourth-order valence-electron chi connectivity index (χ4n) is 2.20. The number of rotatable bonds is 7. The average Bonchev–Trinajstić information content (AvgIpc) is 2.34. The second kappa shape index (κ2) is 7.46. The van der Waals surface area contributed by atoms with Crippen molar-refractivity contribution in [1.29, 1.82) is 0 Å². The van der Waals surface area contributed by atoms with Crippen LogP contribution in [0.3, 0.4) is 0 Å². The Balaban J connectivity index is 2.85. The zero-order valence-electron chi connectivity index (χ0n) is 12.5. The lowest BCUT2D eigenvalue weighted by molar-refractivity contribution is 0.400. The van der Waals surface area contributed by atoms with Crippen molar-refractivity contribution in [3.8, 4) is 0 Å². The van der Waals surface area contributed by atoms with Gasteiger partial charge >= 0.3 is 0 Å². The number of halogens is 1. The lowest BCUT2D eigenvalue weighted by Crippen LogP contribution is -2.28. The maximum Gasteiger partial charge on any atom is 0.123 e. The van der Waals surface area contributed by atoms with Crippen LogP contribution in [-0.4, -0.2) is 38.6 Å². The van der Waals surface area contributed by atoms with Gasteiger partial charge in [0.2, 0.25) is 0 Å². The van der Waals surface area contributed by atoms with Gasteiger partial charge in [-0.15, -0.1) is 0 Å². The molecule has 1 atom stereocenters. The monoisotopic (exact) mass is 267 g/mol. The minimum atomic E-state index is -0.222. The molecule has 2 N–H and O–H groups in total. The molecular formula is C15H26FN3. The van der Waals surface area contributed by atoms with Crippen LogP contribution in [-0.2, 0) is 0 Å². The van der Waals surface area contributed by atoms with Crippen molar-refractivity contribution in [2.75, 3.05) is 38.6 Å². The van der Waals surface area contributed by atoms with Crippen molar-refractivity contribution in [3.05, 3.63) is 29.6 Å². The van der Waals surface area contributed by atoms with E-state index in [9.17, 15) is 4.39 Å². The van der Waals surface area contributed by atoms with Crippen LogP contribution in [0.1, 0.15) is 31.9 Å². The van der Waals surface area contributed by atoms with Crippen LogP contribution in [0.4, 0.5) is 10.1 Å². The Bertz CT molecular complexity index is 391. The normalized spacial score (nSPS) is 12.8. The van der Waals surface area contributed by atoms with Crippen molar-refractivity contribution in [1.82, 2.24) is 4.90 Å². The van der Waals surface area contributed by atoms with Gasteiger partial charge in [0.25, 0.3) is 0 Å². The Morgan fingerprint density at radius 3 is 2.47 bits per heavy atom. The summed E-state index contributed by atoms with van der Waals surface area (Å²) in [5.74, 6) is -0.222. The summed E-state index contributed by atoms with van der Waals surface area (Å²) in [5, 5.41) is 0.